The minimum Gasteiger partial charge on any atom is -0.480 e. The van der Waals surface area contributed by atoms with Crippen molar-refractivity contribution in [1.82, 2.24) is 29.8 Å². The molecule has 2 amide bonds. The van der Waals surface area contributed by atoms with E-state index in [1.807, 2.05) is 0 Å². The number of nitrogens with two attached hydrogens (primary N) is 1. The molecule has 38 heavy (non-hydrogen) atoms. The minimum atomic E-state index is -4.76. The fourth-order valence-electron chi connectivity index (χ4n) is 4.63. The number of carbonyl (C=O) groups is 2. The number of halogens is 4. The fourth-order valence-corrected chi connectivity index (χ4v) is 4.63. The first-order valence-corrected chi connectivity index (χ1v) is 11.5. The van der Waals surface area contributed by atoms with Gasteiger partial charge in [-0.3, -0.25) is 9.59 Å². The Bertz CT molecular complexity index is 1420. The highest BCUT2D eigenvalue weighted by atomic mass is 19.4. The van der Waals surface area contributed by atoms with E-state index in [0.29, 0.717) is 0 Å². The third-order valence-electron chi connectivity index (χ3n) is 6.68. The molecule has 0 saturated carbocycles. The first kappa shape index (κ1) is 25.6. The number of nitrogens with one attached hydrogen (secondary N) is 1. The Balaban J connectivity index is 1.45. The van der Waals surface area contributed by atoms with E-state index in [-0.39, 0.29) is 60.7 Å². The van der Waals surface area contributed by atoms with Crippen molar-refractivity contribution in [3.63, 3.8) is 0 Å². The fraction of sp³-hybridized carbons (Fsp3) is 0.435. The van der Waals surface area contributed by atoms with E-state index >= 15 is 0 Å². The van der Waals surface area contributed by atoms with E-state index in [1.54, 1.807) is 6.92 Å². The zero-order valence-electron chi connectivity index (χ0n) is 20.3. The molecule has 0 aromatic carbocycles. The molecule has 0 spiro atoms. The highest BCUT2D eigenvalue weighted by molar-refractivity contribution is 5.98. The van der Waals surface area contributed by atoms with Crippen LogP contribution in [-0.4, -0.2) is 81.9 Å². The van der Waals surface area contributed by atoms with Crippen LogP contribution in [0.3, 0.4) is 0 Å². The maximum Gasteiger partial charge on any atom is 0.418 e. The maximum absolute atomic E-state index is 14.8. The molecule has 5 rings (SSSR count). The number of carbonyl (C=O) groups excluding carboxylic acids is 2. The number of hydrogen-bond donors (Lipinski definition) is 2. The third kappa shape index (κ3) is 4.25. The summed E-state index contributed by atoms with van der Waals surface area (Å²) in [6.07, 6.45) is -4.07. The SMILES string of the molecule is COc1ncc(-c2cc(C(F)(F)F)c3c(N)ncnn23)cc1C(=O)N[C@@H]1CN(C(=O)C2(C)COC2)C[C@@H]1F. The van der Waals surface area contributed by atoms with E-state index in [1.165, 1.54) is 24.3 Å². The van der Waals surface area contributed by atoms with Crippen LogP contribution in [0, 0.1) is 5.41 Å². The van der Waals surface area contributed by atoms with E-state index in [4.69, 9.17) is 15.2 Å². The number of rotatable bonds is 5. The Kier molecular flexibility index (Phi) is 6.12. The number of methoxy groups -OCH3 is 1. The molecular weight excluding hydrogens is 514 g/mol. The van der Waals surface area contributed by atoms with E-state index in [0.717, 1.165) is 16.9 Å². The Morgan fingerprint density at radius 1 is 1.24 bits per heavy atom. The summed E-state index contributed by atoms with van der Waals surface area (Å²) >= 11 is 0. The van der Waals surface area contributed by atoms with Crippen molar-refractivity contribution in [1.29, 1.82) is 0 Å². The summed E-state index contributed by atoms with van der Waals surface area (Å²) in [5, 5.41) is 6.44. The highest BCUT2D eigenvalue weighted by Crippen LogP contribution is 2.39. The van der Waals surface area contributed by atoms with Gasteiger partial charge in [-0.25, -0.2) is 18.9 Å². The standard InChI is InChI=1S/C23H23F4N7O4/c1-22(8-38-9-22)21(36)33-6-14(24)15(7-33)32-19(35)12-3-11(5-29-20(12)37-2)16-4-13(23(25,26)27)17-18(28)30-10-31-34(16)17/h3-5,10,14-15H,6-9H2,1-2H3,(H,32,35)(H2,28,30,31)/t14-,15+/m0/s1. The Morgan fingerprint density at radius 3 is 2.61 bits per heavy atom. The van der Waals surface area contributed by atoms with Gasteiger partial charge in [0.2, 0.25) is 11.8 Å². The van der Waals surface area contributed by atoms with Crippen LogP contribution >= 0.6 is 0 Å². The molecule has 5 heterocycles. The zero-order valence-corrected chi connectivity index (χ0v) is 20.3. The second-order valence-electron chi connectivity index (χ2n) is 9.49. The van der Waals surface area contributed by atoms with Gasteiger partial charge in [-0.1, -0.05) is 0 Å². The number of nitrogens with zero attached hydrogens (tertiary/aromatic N) is 5. The lowest BCUT2D eigenvalue weighted by molar-refractivity contribution is -0.167. The Morgan fingerprint density at radius 2 is 1.97 bits per heavy atom. The topological polar surface area (TPSA) is 137 Å². The molecule has 0 aliphatic carbocycles. The van der Waals surface area contributed by atoms with Crippen LogP contribution in [-0.2, 0) is 15.7 Å². The van der Waals surface area contributed by atoms with Crippen LogP contribution in [0.25, 0.3) is 16.8 Å². The van der Waals surface area contributed by atoms with Crippen molar-refractivity contribution in [3.8, 4) is 17.1 Å². The molecule has 3 aromatic rings. The van der Waals surface area contributed by atoms with Crippen molar-refractivity contribution in [2.45, 2.75) is 25.3 Å². The molecular formula is C23H23F4N7O4. The van der Waals surface area contributed by atoms with Gasteiger partial charge >= 0.3 is 6.18 Å². The predicted octanol–water partition coefficient (Wildman–Crippen LogP) is 1.72. The van der Waals surface area contributed by atoms with Crippen molar-refractivity contribution in [3.05, 3.63) is 35.8 Å². The number of hydrogen-bond acceptors (Lipinski definition) is 8. The largest absolute Gasteiger partial charge is 0.480 e. The van der Waals surface area contributed by atoms with Crippen LogP contribution < -0.4 is 15.8 Å². The minimum absolute atomic E-state index is 0.0504. The lowest BCUT2D eigenvalue weighted by atomic mass is 9.87. The second-order valence-corrected chi connectivity index (χ2v) is 9.49. The molecule has 2 aliphatic rings. The lowest BCUT2D eigenvalue weighted by Gasteiger charge is -2.39. The second kappa shape index (κ2) is 9.08. The van der Waals surface area contributed by atoms with Crippen molar-refractivity contribution < 1.29 is 36.6 Å². The van der Waals surface area contributed by atoms with Crippen molar-refractivity contribution >= 4 is 23.1 Å². The maximum atomic E-state index is 14.8. The molecule has 2 fully saturated rings. The molecule has 2 aliphatic heterocycles. The number of ether oxygens (including phenoxy) is 2. The van der Waals surface area contributed by atoms with Crippen LogP contribution in [0.1, 0.15) is 22.8 Å². The number of aromatic nitrogens is 4. The number of pyridine rings is 1. The lowest BCUT2D eigenvalue weighted by Crippen LogP contribution is -2.53. The number of likely N-dealkylation sites (tertiary alicyclic amines) is 1. The summed E-state index contributed by atoms with van der Waals surface area (Å²) in [6.45, 7) is 1.98. The van der Waals surface area contributed by atoms with Gasteiger partial charge in [0.1, 0.15) is 23.6 Å². The van der Waals surface area contributed by atoms with Gasteiger partial charge in [0.25, 0.3) is 5.91 Å². The average molecular weight is 537 g/mol. The third-order valence-corrected chi connectivity index (χ3v) is 6.68. The van der Waals surface area contributed by atoms with E-state index < -0.39 is 40.8 Å². The van der Waals surface area contributed by atoms with Gasteiger partial charge in [-0.05, 0) is 19.1 Å². The molecule has 2 atom stereocenters. The molecule has 3 N–H and O–H groups in total. The van der Waals surface area contributed by atoms with Gasteiger partial charge in [-0.15, -0.1) is 0 Å². The van der Waals surface area contributed by atoms with Crippen molar-refractivity contribution in [2.24, 2.45) is 5.41 Å². The van der Waals surface area contributed by atoms with Crippen LogP contribution in [0.4, 0.5) is 23.4 Å². The molecule has 11 nitrogen and oxygen atoms in total. The summed E-state index contributed by atoms with van der Waals surface area (Å²) in [7, 11) is 1.26. The molecule has 2 saturated heterocycles. The smallest absolute Gasteiger partial charge is 0.418 e. The average Bonchev–Trinajstić information content (AvgIpc) is 3.43. The monoisotopic (exact) mass is 537 g/mol. The zero-order chi connectivity index (χ0) is 27.4. The summed E-state index contributed by atoms with van der Waals surface area (Å²) in [4.78, 5) is 35.0. The molecule has 202 valence electrons. The summed E-state index contributed by atoms with van der Waals surface area (Å²) < 4.78 is 67.2. The number of anilines is 1. The summed E-state index contributed by atoms with van der Waals surface area (Å²) in [5.41, 5.74) is 3.37. The number of amides is 2. The van der Waals surface area contributed by atoms with Gasteiger partial charge < -0.3 is 25.4 Å². The van der Waals surface area contributed by atoms with Gasteiger partial charge in [0.05, 0.1) is 49.6 Å². The Labute approximate surface area is 212 Å². The normalized spacial score (nSPS) is 20.8. The van der Waals surface area contributed by atoms with Gasteiger partial charge in [0.15, 0.2) is 5.82 Å². The molecule has 0 unspecified atom stereocenters. The van der Waals surface area contributed by atoms with E-state index in [2.05, 4.69) is 20.4 Å². The first-order chi connectivity index (χ1) is 17.9. The molecule has 0 bridgehead atoms. The quantitative estimate of drug-likeness (QED) is 0.470. The van der Waals surface area contributed by atoms with Crippen LogP contribution in [0.15, 0.2) is 24.7 Å². The molecule has 0 radical (unpaired) electrons. The Hall–Kier alpha value is -4.01. The number of nitrogen functional groups attached to an aromatic ring is 1. The van der Waals surface area contributed by atoms with Gasteiger partial charge in [-0.2, -0.15) is 18.3 Å². The van der Waals surface area contributed by atoms with E-state index in [9.17, 15) is 27.2 Å². The first-order valence-electron chi connectivity index (χ1n) is 11.5. The number of alkyl halides is 4. The van der Waals surface area contributed by atoms with Crippen LogP contribution in [0.2, 0.25) is 0 Å². The molecule has 15 heteroatoms. The predicted molar refractivity (Wildman–Crippen MR) is 124 cm³/mol. The highest BCUT2D eigenvalue weighted by Gasteiger charge is 2.47. The summed E-state index contributed by atoms with van der Waals surface area (Å²) in [6, 6.07) is 1.08. The number of fused-ring (bicyclic) bond motifs is 1. The summed E-state index contributed by atoms with van der Waals surface area (Å²) in [5.74, 6) is -1.54. The molecule has 3 aromatic heterocycles. The van der Waals surface area contributed by atoms with Crippen molar-refractivity contribution in [2.75, 3.05) is 39.1 Å². The van der Waals surface area contributed by atoms with Crippen LogP contribution in [0.5, 0.6) is 5.88 Å². The van der Waals surface area contributed by atoms with Gasteiger partial charge in [0, 0.05) is 18.3 Å².